The number of likely N-dealkylation sites (tertiary alicyclic amines) is 1. The van der Waals surface area contributed by atoms with Gasteiger partial charge in [-0.1, -0.05) is 95.1 Å². The zero-order valence-electron chi connectivity index (χ0n) is 54.2. The molecule has 0 aromatic carbocycles. The topological polar surface area (TPSA) is 332 Å². The van der Waals surface area contributed by atoms with E-state index in [4.69, 9.17) is 0 Å². The van der Waals surface area contributed by atoms with E-state index in [-0.39, 0.29) is 85.5 Å². The number of Topliss-reactive ketones (excluding diaryl/α,β-unsaturated/α-hetero) is 1. The maximum atomic E-state index is 14.5. The fraction of sp³-hybridized carbons (Fsp3) is 0.787. The van der Waals surface area contributed by atoms with Gasteiger partial charge in [-0.25, -0.2) is 0 Å². The van der Waals surface area contributed by atoms with Gasteiger partial charge in [0.05, 0.1) is 6.10 Å². The zero-order valence-corrected chi connectivity index (χ0v) is 54.2. The molecule has 1 saturated heterocycles. The van der Waals surface area contributed by atoms with Gasteiger partial charge >= 0.3 is 0 Å². The molecule has 0 aromatic heterocycles. The zero-order chi connectivity index (χ0) is 64.6. The van der Waals surface area contributed by atoms with Crippen LogP contribution >= 0.6 is 0 Å². The van der Waals surface area contributed by atoms with Crippen molar-refractivity contribution in [3.63, 3.8) is 0 Å². The number of ketones is 1. The quantitative estimate of drug-likeness (QED) is 0.0399. The van der Waals surface area contributed by atoms with E-state index in [2.05, 4.69) is 53.2 Å². The summed E-state index contributed by atoms with van der Waals surface area (Å²) in [6.07, 6.45) is 5.10. The van der Waals surface area contributed by atoms with Gasteiger partial charge in [-0.3, -0.25) is 52.7 Å². The van der Waals surface area contributed by atoms with E-state index in [1.54, 1.807) is 33.9 Å². The summed E-state index contributed by atoms with van der Waals surface area (Å²) in [7, 11) is 1.76. The second-order valence-corrected chi connectivity index (χ2v) is 26.2. The van der Waals surface area contributed by atoms with Crippen LogP contribution in [0.3, 0.4) is 0 Å². The molecule has 0 aromatic rings. The minimum atomic E-state index is -1.79. The number of hydrogen-bond acceptors (Lipinski definition) is 13. The molecule has 84 heavy (non-hydrogen) atoms. The first kappa shape index (κ1) is 76.0. The van der Waals surface area contributed by atoms with Crippen LogP contribution in [0.15, 0.2) is 12.2 Å². The van der Waals surface area contributed by atoms with E-state index in [1.807, 2.05) is 62.3 Å². The second kappa shape index (κ2) is 35.5. The number of carbonyl (C=O) groups excluding carboxylic acids is 11. The van der Waals surface area contributed by atoms with E-state index >= 15 is 0 Å². The van der Waals surface area contributed by atoms with Crippen LogP contribution in [-0.2, 0) is 52.7 Å². The molecule has 10 amide bonds. The van der Waals surface area contributed by atoms with Crippen molar-refractivity contribution in [1.82, 2.24) is 58.1 Å². The molecule has 0 saturated carbocycles. The number of nitrogens with one attached hydrogen (secondary N) is 10. The van der Waals surface area contributed by atoms with Gasteiger partial charge in [-0.15, -0.1) is 0 Å². The van der Waals surface area contributed by atoms with Crippen LogP contribution in [0, 0.1) is 35.5 Å². The van der Waals surface area contributed by atoms with Crippen LogP contribution in [0.2, 0.25) is 0 Å². The van der Waals surface area contributed by atoms with Crippen molar-refractivity contribution in [3.05, 3.63) is 12.2 Å². The third-order valence-corrected chi connectivity index (χ3v) is 15.0. The first-order chi connectivity index (χ1) is 38.8. The maximum absolute atomic E-state index is 14.5. The third-order valence-electron chi connectivity index (χ3n) is 15.0. The summed E-state index contributed by atoms with van der Waals surface area (Å²) in [5.74, 6) is -7.32. The molecule has 1 aliphatic heterocycles. The lowest BCUT2D eigenvalue weighted by molar-refractivity contribution is -0.140. The Morgan fingerprint density at radius 3 is 1.71 bits per heavy atom. The van der Waals surface area contributed by atoms with Gasteiger partial charge in [0.2, 0.25) is 59.1 Å². The Balaban J connectivity index is 3.42. The summed E-state index contributed by atoms with van der Waals surface area (Å²) in [5.41, 5.74) is -4.87. The number of aliphatic hydroxyl groups is 1. The normalized spacial score (nSPS) is 17.7. The van der Waals surface area contributed by atoms with Gasteiger partial charge in [-0.2, -0.15) is 0 Å². The molecule has 480 valence electrons. The number of carbonyl (C=O) groups is 11. The van der Waals surface area contributed by atoms with Gasteiger partial charge < -0.3 is 63.2 Å². The van der Waals surface area contributed by atoms with Gasteiger partial charge in [0.1, 0.15) is 52.6 Å². The first-order valence-corrected chi connectivity index (χ1v) is 30.4. The number of nitrogens with zero attached hydrogens (tertiary/aromatic N) is 1. The minimum absolute atomic E-state index is 0.0102. The summed E-state index contributed by atoms with van der Waals surface area (Å²) in [5, 5.41) is 39.0. The summed E-state index contributed by atoms with van der Waals surface area (Å²) in [6.45, 7) is 31.5. The summed E-state index contributed by atoms with van der Waals surface area (Å²) >= 11 is 0. The molecule has 1 aliphatic rings. The molecule has 0 bridgehead atoms. The third kappa shape index (κ3) is 26.5. The number of aliphatic hydroxyl groups excluding tert-OH is 1. The van der Waals surface area contributed by atoms with Crippen molar-refractivity contribution in [2.45, 2.75) is 248 Å². The molecule has 0 spiro atoms. The van der Waals surface area contributed by atoms with Crippen LogP contribution in [0.25, 0.3) is 0 Å². The van der Waals surface area contributed by atoms with E-state index in [0.29, 0.717) is 45.2 Å². The highest BCUT2D eigenvalue weighted by atomic mass is 16.3. The van der Waals surface area contributed by atoms with Crippen molar-refractivity contribution in [3.8, 4) is 0 Å². The summed E-state index contributed by atoms with van der Waals surface area (Å²) in [6, 6.07) is -6.35. The van der Waals surface area contributed by atoms with Gasteiger partial charge in [0.25, 0.3) is 0 Å². The second-order valence-electron chi connectivity index (χ2n) is 26.2. The summed E-state index contributed by atoms with van der Waals surface area (Å²) in [4.78, 5) is 152. The number of hydrogen-bond donors (Lipinski definition) is 11. The largest absolute Gasteiger partial charge is 0.390 e. The highest BCUT2D eigenvalue weighted by Gasteiger charge is 2.43. The number of likely N-dealkylation sites (N-methyl/N-ethyl adjacent to an activating group) is 1. The Labute approximate surface area is 501 Å². The molecule has 11 N–H and O–H groups in total. The van der Waals surface area contributed by atoms with Crippen LogP contribution in [-0.4, -0.2) is 161 Å². The van der Waals surface area contributed by atoms with Gasteiger partial charge in [-0.05, 0) is 129 Å². The molecule has 0 radical (unpaired) electrons. The van der Waals surface area contributed by atoms with E-state index in [1.165, 1.54) is 52.5 Å². The van der Waals surface area contributed by atoms with Crippen LogP contribution in [0.4, 0.5) is 0 Å². The van der Waals surface area contributed by atoms with Gasteiger partial charge in [0, 0.05) is 44.9 Å². The molecule has 1 heterocycles. The molecular formula is C61H109N11O12. The molecule has 10 atom stereocenters. The summed E-state index contributed by atoms with van der Waals surface area (Å²) < 4.78 is 0. The monoisotopic (exact) mass is 1190 g/mol. The lowest BCUT2D eigenvalue weighted by atomic mass is 9.93. The molecule has 1 rings (SSSR count). The van der Waals surface area contributed by atoms with E-state index < -0.39 is 106 Å². The van der Waals surface area contributed by atoms with Crippen LogP contribution in [0.5, 0.6) is 0 Å². The Morgan fingerprint density at radius 2 is 1.17 bits per heavy atom. The maximum Gasteiger partial charge on any atom is 0.246 e. The van der Waals surface area contributed by atoms with Crippen molar-refractivity contribution >= 4 is 64.9 Å². The molecule has 0 aliphatic carbocycles. The number of rotatable bonds is 37. The lowest BCUT2D eigenvalue weighted by Gasteiger charge is -2.34. The Hall–Kier alpha value is -5.97. The Bertz CT molecular complexity index is 2270. The van der Waals surface area contributed by atoms with Crippen molar-refractivity contribution < 1.29 is 57.8 Å². The highest BCUT2D eigenvalue weighted by molar-refractivity contribution is 6.00. The lowest BCUT2D eigenvalue weighted by Crippen LogP contribution is -2.66. The fourth-order valence-electron chi connectivity index (χ4n) is 9.43. The predicted octanol–water partition coefficient (Wildman–Crippen LogP) is 2.96. The van der Waals surface area contributed by atoms with Crippen molar-refractivity contribution in [1.29, 1.82) is 0 Å². The average Bonchev–Trinajstić information content (AvgIpc) is 4.01. The minimum Gasteiger partial charge on any atom is -0.390 e. The first-order valence-electron chi connectivity index (χ1n) is 30.4. The van der Waals surface area contributed by atoms with Crippen LogP contribution < -0.4 is 53.2 Å². The molecule has 23 heteroatoms. The van der Waals surface area contributed by atoms with Crippen molar-refractivity contribution in [2.24, 2.45) is 35.5 Å². The Morgan fingerprint density at radius 1 is 0.631 bits per heavy atom. The van der Waals surface area contributed by atoms with E-state index in [0.717, 1.165) is 6.42 Å². The van der Waals surface area contributed by atoms with Crippen molar-refractivity contribution in [2.75, 3.05) is 26.7 Å². The van der Waals surface area contributed by atoms with Gasteiger partial charge in [0.15, 0.2) is 0 Å². The SMILES string of the molecule is CCC(=O)CCC[C@@H](C)C[C@H](NC(=O)[C@@H]1C[C@H](C)CN1C(=O)/C=C/[C@@H](C)CC)C(=O)N[C@H](C(=O)NC(C)(C)C(=O)N[C@@H](CC(C)C)C(=O)N[C@@H](CC(C)C)C(=O)NC(C)(C)C(=O)NC(C)(C)C(=O)NCCC(=O)N[C@@H](C)CNC)[C@H](O)C(C)C. The molecule has 23 nitrogen and oxygen atoms in total. The number of amides is 10. The molecule has 1 fully saturated rings. The predicted molar refractivity (Wildman–Crippen MR) is 324 cm³/mol. The molecule has 0 unspecified atom stereocenters. The Kier molecular flexibility index (Phi) is 32.1. The number of allylic oxidation sites excluding steroid dienone is 1. The van der Waals surface area contributed by atoms with Crippen LogP contribution in [0.1, 0.15) is 189 Å². The fourth-order valence-corrected chi connectivity index (χ4v) is 9.43. The smallest absolute Gasteiger partial charge is 0.246 e. The standard InChI is InChI=1S/C61H109N11O12/c1-20-38(9)25-26-48(75)72-34-40(11)32-46(72)54(80)66-45(31-39(10)23-22-24-42(73)21-2)52(78)68-49(50(76)37(7)8)55(81)70-60(15,16)57(83)67-43(29-35(3)4)51(77)65-44(30-36(5)6)53(79)69-61(17,18)58(84)71-59(13,14)56(82)63-28-27-47(74)64-41(12)33-62-19/h25-26,35-41,43-46,49-50,62,76H,20-24,27-34H2,1-19H3,(H,63,82)(H,64,74)(H,65,77)(H,66,80)(H,67,83)(H,68,78)(H,69,79)(H,70,81)(H,71,84)/b26-25+/t38-,39+,40-,41-,43-,44-,45-,46-,49-,50+/m0/s1. The highest BCUT2D eigenvalue weighted by Crippen LogP contribution is 2.25. The molecular weight excluding hydrogens is 1080 g/mol. The van der Waals surface area contributed by atoms with E-state index in [9.17, 15) is 57.8 Å². The average molecular weight is 1190 g/mol.